The van der Waals surface area contributed by atoms with Gasteiger partial charge >= 0.3 is 0 Å². The molecule has 0 unspecified atom stereocenters. The molecule has 2 aromatic rings. The third-order valence-corrected chi connectivity index (χ3v) is 2.83. The number of anilines is 2. The van der Waals surface area contributed by atoms with E-state index in [1.165, 1.54) is 5.46 Å². The standard InChI is InChI=1S/C14H15BN2O/c1-15-11-8-6-10(7-9-11)14(18)17-13-5-3-2-4-12(13)16/h2-9,15H,16H2,1H3,(H,17,18). The number of rotatable bonds is 3. The Hall–Kier alpha value is -2.23. The minimum absolute atomic E-state index is 0.143. The fourth-order valence-corrected chi connectivity index (χ4v) is 1.70. The summed E-state index contributed by atoms with van der Waals surface area (Å²) in [7, 11) is 0.966. The summed E-state index contributed by atoms with van der Waals surface area (Å²) in [5.41, 5.74) is 8.83. The molecule has 0 saturated heterocycles. The van der Waals surface area contributed by atoms with Gasteiger partial charge in [0, 0.05) is 5.56 Å². The molecular formula is C14H15BN2O. The van der Waals surface area contributed by atoms with Gasteiger partial charge in [0.1, 0.15) is 0 Å². The van der Waals surface area contributed by atoms with Crippen LogP contribution in [0.4, 0.5) is 11.4 Å². The predicted molar refractivity (Wildman–Crippen MR) is 77.9 cm³/mol. The summed E-state index contributed by atoms with van der Waals surface area (Å²) in [6.45, 7) is 2.08. The van der Waals surface area contributed by atoms with Gasteiger partial charge in [-0.05, 0) is 24.3 Å². The molecule has 0 saturated carbocycles. The number of carbonyl (C=O) groups is 1. The molecule has 0 aliphatic carbocycles. The second-order valence-electron chi connectivity index (χ2n) is 4.09. The van der Waals surface area contributed by atoms with Gasteiger partial charge in [-0.3, -0.25) is 4.79 Å². The van der Waals surface area contributed by atoms with E-state index >= 15 is 0 Å². The summed E-state index contributed by atoms with van der Waals surface area (Å²) in [5, 5.41) is 2.80. The number of hydrogen-bond acceptors (Lipinski definition) is 2. The maximum Gasteiger partial charge on any atom is 0.255 e. The largest absolute Gasteiger partial charge is 0.397 e. The molecule has 2 aromatic carbocycles. The first-order chi connectivity index (χ1) is 8.70. The Morgan fingerprint density at radius 3 is 2.39 bits per heavy atom. The molecule has 2 rings (SSSR count). The van der Waals surface area contributed by atoms with Crippen LogP contribution in [0, 0.1) is 0 Å². The van der Waals surface area contributed by atoms with E-state index in [2.05, 4.69) is 12.1 Å². The number of carbonyl (C=O) groups excluding carboxylic acids is 1. The van der Waals surface area contributed by atoms with Gasteiger partial charge in [0.05, 0.1) is 11.4 Å². The number of amides is 1. The van der Waals surface area contributed by atoms with Gasteiger partial charge in [-0.1, -0.05) is 36.6 Å². The number of nitrogen functional groups attached to an aromatic ring is 1. The van der Waals surface area contributed by atoms with Crippen LogP contribution in [0.15, 0.2) is 48.5 Å². The van der Waals surface area contributed by atoms with Gasteiger partial charge in [-0.2, -0.15) is 0 Å². The first kappa shape index (κ1) is 12.2. The molecule has 0 aliphatic rings. The van der Waals surface area contributed by atoms with Crippen LogP contribution in [-0.4, -0.2) is 13.2 Å². The lowest BCUT2D eigenvalue weighted by molar-refractivity contribution is 0.102. The lowest BCUT2D eigenvalue weighted by Gasteiger charge is -2.08. The zero-order valence-corrected chi connectivity index (χ0v) is 10.3. The maximum atomic E-state index is 12.0. The van der Waals surface area contributed by atoms with Gasteiger partial charge in [-0.25, -0.2) is 0 Å². The van der Waals surface area contributed by atoms with Crippen LogP contribution in [0.1, 0.15) is 10.4 Å². The molecule has 1 amide bonds. The minimum atomic E-state index is -0.143. The van der Waals surface area contributed by atoms with Crippen LogP contribution in [-0.2, 0) is 0 Å². The molecule has 0 aromatic heterocycles. The Bertz CT molecular complexity index is 552. The van der Waals surface area contributed by atoms with E-state index in [1.54, 1.807) is 12.1 Å². The average Bonchev–Trinajstić information content (AvgIpc) is 2.41. The Morgan fingerprint density at radius 2 is 1.78 bits per heavy atom. The van der Waals surface area contributed by atoms with Gasteiger partial charge in [0.15, 0.2) is 7.28 Å². The second kappa shape index (κ2) is 5.40. The van der Waals surface area contributed by atoms with Crippen LogP contribution in [0.5, 0.6) is 0 Å². The SMILES string of the molecule is CBc1ccc(C(=O)Nc2ccccc2N)cc1. The molecule has 0 radical (unpaired) electrons. The summed E-state index contributed by atoms with van der Waals surface area (Å²) in [4.78, 5) is 12.0. The average molecular weight is 238 g/mol. The number of hydrogen-bond donors (Lipinski definition) is 2. The molecule has 0 heterocycles. The van der Waals surface area contributed by atoms with Crippen molar-refractivity contribution in [3.05, 3.63) is 54.1 Å². The topological polar surface area (TPSA) is 55.1 Å². The van der Waals surface area contributed by atoms with Crippen molar-refractivity contribution in [2.24, 2.45) is 0 Å². The van der Waals surface area contributed by atoms with E-state index in [0.717, 1.165) is 7.28 Å². The first-order valence-corrected chi connectivity index (χ1v) is 5.95. The molecule has 0 bridgehead atoms. The van der Waals surface area contributed by atoms with Crippen molar-refractivity contribution in [3.8, 4) is 0 Å². The van der Waals surface area contributed by atoms with E-state index in [1.807, 2.05) is 36.4 Å². The Labute approximate surface area is 107 Å². The summed E-state index contributed by atoms with van der Waals surface area (Å²) >= 11 is 0. The van der Waals surface area contributed by atoms with Crippen molar-refractivity contribution in [1.29, 1.82) is 0 Å². The summed E-state index contributed by atoms with van der Waals surface area (Å²) in [6, 6.07) is 14.8. The summed E-state index contributed by atoms with van der Waals surface area (Å²) < 4.78 is 0. The van der Waals surface area contributed by atoms with E-state index in [4.69, 9.17) is 5.73 Å². The Morgan fingerprint density at radius 1 is 1.11 bits per heavy atom. The molecule has 90 valence electrons. The predicted octanol–water partition coefficient (Wildman–Crippen LogP) is 1.63. The molecule has 0 aliphatic heterocycles. The highest BCUT2D eigenvalue weighted by Crippen LogP contribution is 2.17. The van der Waals surface area contributed by atoms with E-state index in [0.29, 0.717) is 16.9 Å². The lowest BCUT2D eigenvalue weighted by Crippen LogP contribution is -2.15. The Balaban J connectivity index is 2.14. The molecule has 0 spiro atoms. The van der Waals surface area contributed by atoms with Crippen molar-refractivity contribution >= 4 is 30.0 Å². The molecule has 0 atom stereocenters. The number of benzene rings is 2. The second-order valence-corrected chi connectivity index (χ2v) is 4.09. The summed E-state index contributed by atoms with van der Waals surface area (Å²) in [5.74, 6) is -0.143. The monoisotopic (exact) mass is 238 g/mol. The zero-order valence-electron chi connectivity index (χ0n) is 10.3. The molecule has 4 heteroatoms. The normalized spacial score (nSPS) is 9.83. The molecule has 3 N–H and O–H groups in total. The van der Waals surface area contributed by atoms with Crippen molar-refractivity contribution in [2.45, 2.75) is 6.82 Å². The first-order valence-electron chi connectivity index (χ1n) is 5.95. The number of para-hydroxylation sites is 2. The smallest absolute Gasteiger partial charge is 0.255 e. The van der Waals surface area contributed by atoms with Crippen molar-refractivity contribution < 1.29 is 4.79 Å². The van der Waals surface area contributed by atoms with Crippen molar-refractivity contribution in [3.63, 3.8) is 0 Å². The molecule has 3 nitrogen and oxygen atoms in total. The van der Waals surface area contributed by atoms with Crippen LogP contribution >= 0.6 is 0 Å². The Kier molecular flexibility index (Phi) is 3.67. The zero-order chi connectivity index (χ0) is 13.0. The van der Waals surface area contributed by atoms with Crippen molar-refractivity contribution in [2.75, 3.05) is 11.1 Å². The quantitative estimate of drug-likeness (QED) is 0.630. The lowest BCUT2D eigenvalue weighted by atomic mass is 9.73. The third kappa shape index (κ3) is 2.72. The molecule has 0 fully saturated rings. The highest BCUT2D eigenvalue weighted by atomic mass is 16.1. The fourth-order valence-electron chi connectivity index (χ4n) is 1.70. The molecular weight excluding hydrogens is 223 g/mol. The van der Waals surface area contributed by atoms with Crippen molar-refractivity contribution in [1.82, 2.24) is 0 Å². The van der Waals surface area contributed by atoms with Crippen LogP contribution < -0.4 is 16.5 Å². The van der Waals surface area contributed by atoms with Crippen LogP contribution in [0.3, 0.4) is 0 Å². The van der Waals surface area contributed by atoms with E-state index in [9.17, 15) is 4.79 Å². The maximum absolute atomic E-state index is 12.0. The van der Waals surface area contributed by atoms with Crippen LogP contribution in [0.2, 0.25) is 6.82 Å². The van der Waals surface area contributed by atoms with Gasteiger partial charge in [-0.15, -0.1) is 0 Å². The fraction of sp³-hybridized carbons (Fsp3) is 0.0714. The molecule has 18 heavy (non-hydrogen) atoms. The van der Waals surface area contributed by atoms with Crippen LogP contribution in [0.25, 0.3) is 0 Å². The highest BCUT2D eigenvalue weighted by Gasteiger charge is 2.07. The van der Waals surface area contributed by atoms with E-state index < -0.39 is 0 Å². The van der Waals surface area contributed by atoms with Gasteiger partial charge in [0.25, 0.3) is 5.91 Å². The van der Waals surface area contributed by atoms with Gasteiger partial charge in [0.2, 0.25) is 0 Å². The minimum Gasteiger partial charge on any atom is -0.397 e. The van der Waals surface area contributed by atoms with Gasteiger partial charge < -0.3 is 11.1 Å². The number of nitrogens with one attached hydrogen (secondary N) is 1. The highest BCUT2D eigenvalue weighted by molar-refractivity contribution is 6.51. The number of nitrogens with two attached hydrogens (primary N) is 1. The summed E-state index contributed by atoms with van der Waals surface area (Å²) in [6.07, 6.45) is 0. The third-order valence-electron chi connectivity index (χ3n) is 2.83. The van der Waals surface area contributed by atoms with E-state index in [-0.39, 0.29) is 5.91 Å².